The molecule has 1 aliphatic carbocycles. The van der Waals surface area contributed by atoms with E-state index in [4.69, 9.17) is 10.1 Å². The molecule has 196 valence electrons. The molecule has 0 spiro atoms. The first kappa shape index (κ1) is 23.9. The van der Waals surface area contributed by atoms with Crippen LogP contribution in [-0.4, -0.2) is 54.9 Å². The maximum atomic E-state index is 14.0. The highest BCUT2D eigenvalue weighted by Crippen LogP contribution is 2.42. The smallest absolute Gasteiger partial charge is 0.267 e. The summed E-state index contributed by atoms with van der Waals surface area (Å²) in [7, 11) is 0.0841. The fourth-order valence-corrected chi connectivity index (χ4v) is 7.04. The van der Waals surface area contributed by atoms with Gasteiger partial charge in [-0.05, 0) is 49.1 Å². The third-order valence-corrected chi connectivity index (χ3v) is 9.10. The maximum absolute atomic E-state index is 14.0. The third-order valence-electron chi connectivity index (χ3n) is 7.64. The van der Waals surface area contributed by atoms with Crippen molar-refractivity contribution in [3.8, 4) is 11.3 Å². The molecule has 4 heterocycles. The molecule has 0 saturated heterocycles. The maximum Gasteiger partial charge on any atom is 0.267 e. The number of fused-ring (bicyclic) bond motifs is 5. The summed E-state index contributed by atoms with van der Waals surface area (Å²) in [5.74, 6) is 0.371. The van der Waals surface area contributed by atoms with Crippen molar-refractivity contribution in [2.45, 2.75) is 47.8 Å². The fourth-order valence-electron chi connectivity index (χ4n) is 5.75. The van der Waals surface area contributed by atoms with Crippen LogP contribution in [0.25, 0.3) is 11.3 Å². The Balaban J connectivity index is 1.33. The molecule has 7 rings (SSSR count). The van der Waals surface area contributed by atoms with Crippen LogP contribution in [0.5, 0.6) is 0 Å². The highest BCUT2D eigenvalue weighted by atomic mass is 32.2. The summed E-state index contributed by atoms with van der Waals surface area (Å²) < 4.78 is 29.3. The minimum Gasteiger partial charge on any atom is -0.289 e. The molecule has 1 saturated carbocycles. The van der Waals surface area contributed by atoms with Gasteiger partial charge < -0.3 is 0 Å². The molecule has 0 bridgehead atoms. The van der Waals surface area contributed by atoms with Gasteiger partial charge in [-0.15, -0.1) is 0 Å². The fraction of sp³-hybridized carbons (Fsp3) is 0.241. The minimum absolute atomic E-state index is 0.137. The monoisotopic (exact) mass is 540 g/mol. The predicted octanol–water partition coefficient (Wildman–Crippen LogP) is 4.48. The van der Waals surface area contributed by atoms with Crippen molar-refractivity contribution in [2.24, 2.45) is 4.99 Å². The first-order chi connectivity index (χ1) is 19.0. The minimum atomic E-state index is -1.64. The topological polar surface area (TPSA) is 83.7 Å². The van der Waals surface area contributed by atoms with Gasteiger partial charge in [-0.2, -0.15) is 9.49 Å². The molecule has 2 aliphatic heterocycles. The zero-order chi connectivity index (χ0) is 26.7. The van der Waals surface area contributed by atoms with Gasteiger partial charge in [0.05, 0.1) is 24.3 Å². The number of nitrogens with zero attached hydrogens (tertiary/aromatic N) is 6. The number of amides is 1. The van der Waals surface area contributed by atoms with Crippen LogP contribution in [0, 0.1) is 5.95 Å². The number of guanidine groups is 1. The second kappa shape index (κ2) is 9.23. The number of aliphatic imine (C=N–C) groups is 1. The van der Waals surface area contributed by atoms with E-state index < -0.39 is 16.7 Å². The third kappa shape index (κ3) is 3.89. The number of anilines is 1. The van der Waals surface area contributed by atoms with Gasteiger partial charge in [-0.3, -0.25) is 14.6 Å². The van der Waals surface area contributed by atoms with Crippen LogP contribution in [-0.2, 0) is 17.3 Å². The molecule has 4 aromatic rings. The van der Waals surface area contributed by atoms with Crippen molar-refractivity contribution in [1.29, 1.82) is 0 Å². The number of aromatic nitrogens is 3. The number of benzene rings is 2. The first-order valence-corrected chi connectivity index (χ1v) is 14.1. The Labute approximate surface area is 227 Å². The summed E-state index contributed by atoms with van der Waals surface area (Å²) in [5.41, 5.74) is 2.60. The normalized spacial score (nSPS) is 20.5. The molecule has 3 unspecified atom stereocenters. The van der Waals surface area contributed by atoms with Gasteiger partial charge in [0.15, 0.2) is 5.82 Å². The van der Waals surface area contributed by atoms with Crippen molar-refractivity contribution in [1.82, 2.24) is 19.7 Å². The van der Waals surface area contributed by atoms with Gasteiger partial charge in [0.25, 0.3) is 5.91 Å². The highest BCUT2D eigenvalue weighted by Gasteiger charge is 2.49. The van der Waals surface area contributed by atoms with Crippen molar-refractivity contribution < 1.29 is 13.4 Å². The SMILES string of the molecule is CN1C(=O)c2c(nn(Cc3ccc(-c4cccc(F)n4)cc3)c2S(=O)c2ccccc2)N2C1=NC1CCCC12. The lowest BCUT2D eigenvalue weighted by atomic mass is 10.1. The second-order valence-corrected chi connectivity index (χ2v) is 11.4. The van der Waals surface area contributed by atoms with Gasteiger partial charge in [0.1, 0.15) is 21.4 Å². The zero-order valence-electron chi connectivity index (χ0n) is 21.2. The number of halogens is 1. The number of rotatable bonds is 5. The van der Waals surface area contributed by atoms with E-state index in [0.717, 1.165) is 30.4 Å². The summed E-state index contributed by atoms with van der Waals surface area (Å²) >= 11 is 0. The largest absolute Gasteiger partial charge is 0.289 e. The highest BCUT2D eigenvalue weighted by molar-refractivity contribution is 7.85. The van der Waals surface area contributed by atoms with E-state index >= 15 is 0 Å². The van der Waals surface area contributed by atoms with Crippen molar-refractivity contribution in [3.05, 3.63) is 89.9 Å². The molecular weight excluding hydrogens is 515 g/mol. The molecule has 8 nitrogen and oxygen atoms in total. The molecule has 1 amide bonds. The van der Waals surface area contributed by atoms with Crippen LogP contribution in [0.3, 0.4) is 0 Å². The Morgan fingerprint density at radius 3 is 2.56 bits per heavy atom. The van der Waals surface area contributed by atoms with Gasteiger partial charge in [0.2, 0.25) is 11.9 Å². The van der Waals surface area contributed by atoms with Gasteiger partial charge in [0, 0.05) is 17.5 Å². The Morgan fingerprint density at radius 2 is 1.79 bits per heavy atom. The second-order valence-electron chi connectivity index (χ2n) is 10.0. The van der Waals surface area contributed by atoms with Gasteiger partial charge in [-0.25, -0.2) is 18.9 Å². The van der Waals surface area contributed by atoms with Crippen molar-refractivity contribution >= 4 is 28.5 Å². The summed E-state index contributed by atoms with van der Waals surface area (Å²) in [6.07, 6.45) is 3.03. The Hall–Kier alpha value is -4.18. The van der Waals surface area contributed by atoms with Crippen LogP contribution in [0.1, 0.15) is 35.2 Å². The Kier molecular flexibility index (Phi) is 5.66. The summed E-state index contributed by atoms with van der Waals surface area (Å²) in [6, 6.07) is 21.7. The van der Waals surface area contributed by atoms with E-state index in [-0.39, 0.29) is 18.0 Å². The van der Waals surface area contributed by atoms with Crippen LogP contribution in [0.15, 0.2) is 87.7 Å². The molecule has 2 aromatic carbocycles. The van der Waals surface area contributed by atoms with Crippen molar-refractivity contribution in [3.63, 3.8) is 0 Å². The number of carbonyl (C=O) groups is 1. The average molecular weight is 541 g/mol. The van der Waals surface area contributed by atoms with Gasteiger partial charge in [-0.1, -0.05) is 48.5 Å². The quantitative estimate of drug-likeness (QED) is 0.349. The van der Waals surface area contributed by atoms with Crippen LogP contribution in [0.2, 0.25) is 0 Å². The summed E-state index contributed by atoms with van der Waals surface area (Å²) in [6.45, 7) is 0.309. The van der Waals surface area contributed by atoms with E-state index in [2.05, 4.69) is 9.88 Å². The van der Waals surface area contributed by atoms with Crippen LogP contribution >= 0.6 is 0 Å². The molecule has 0 radical (unpaired) electrons. The number of hydrogen-bond donors (Lipinski definition) is 0. The Morgan fingerprint density at radius 1 is 1.00 bits per heavy atom. The van der Waals surface area contributed by atoms with Crippen molar-refractivity contribution in [2.75, 3.05) is 11.9 Å². The Bertz CT molecular complexity index is 1650. The lowest BCUT2D eigenvalue weighted by Gasteiger charge is -2.34. The predicted molar refractivity (Wildman–Crippen MR) is 146 cm³/mol. The van der Waals surface area contributed by atoms with E-state index in [1.54, 1.807) is 40.9 Å². The molecule has 0 N–H and O–H groups in total. The molecular formula is C29H25FN6O2S. The van der Waals surface area contributed by atoms with E-state index in [0.29, 0.717) is 39.5 Å². The molecule has 1 fully saturated rings. The van der Waals surface area contributed by atoms with Crippen LogP contribution in [0.4, 0.5) is 10.2 Å². The number of hydrogen-bond acceptors (Lipinski definition) is 6. The van der Waals surface area contributed by atoms with E-state index in [1.165, 1.54) is 6.07 Å². The summed E-state index contributed by atoms with van der Waals surface area (Å²) in [5, 5.41) is 5.31. The average Bonchev–Trinajstić information content (AvgIpc) is 3.66. The first-order valence-electron chi connectivity index (χ1n) is 12.9. The standard InChI is InChI=1S/C29H25FN6O2S/c1-34-27(37)25-26(36-23-11-5-10-22(23)32-29(34)36)33-35(28(25)39(38)20-7-3-2-4-8-20)17-18-13-15-19(16-14-18)21-9-6-12-24(30)31-21/h2-4,6-9,12-16,22-23H,5,10-11,17H2,1H3. The summed E-state index contributed by atoms with van der Waals surface area (Å²) in [4.78, 5) is 26.8. The molecule has 2 aromatic heterocycles. The molecule has 3 atom stereocenters. The zero-order valence-corrected chi connectivity index (χ0v) is 22.0. The molecule has 39 heavy (non-hydrogen) atoms. The van der Waals surface area contributed by atoms with Crippen LogP contribution < -0.4 is 4.90 Å². The lowest BCUT2D eigenvalue weighted by Crippen LogP contribution is -2.51. The van der Waals surface area contributed by atoms with Gasteiger partial charge >= 0.3 is 0 Å². The van der Waals surface area contributed by atoms with E-state index in [1.807, 2.05) is 42.5 Å². The number of pyridine rings is 1. The molecule has 3 aliphatic rings. The lowest BCUT2D eigenvalue weighted by molar-refractivity contribution is 0.0861. The molecule has 10 heteroatoms. The number of carbonyl (C=O) groups excluding carboxylic acids is 1. The van der Waals surface area contributed by atoms with E-state index in [9.17, 15) is 13.4 Å².